The highest BCUT2D eigenvalue weighted by atomic mass is 32.1. The van der Waals surface area contributed by atoms with Crippen LogP contribution in [-0.2, 0) is 10.8 Å². The van der Waals surface area contributed by atoms with Crippen LogP contribution in [0.2, 0.25) is 0 Å². The van der Waals surface area contributed by atoms with Gasteiger partial charge in [0.1, 0.15) is 0 Å². The summed E-state index contributed by atoms with van der Waals surface area (Å²) in [5.41, 5.74) is 12.9. The van der Waals surface area contributed by atoms with E-state index in [9.17, 15) is 0 Å². The summed E-state index contributed by atoms with van der Waals surface area (Å²) in [4.78, 5) is 3.61. The number of thiophene rings is 1. The molecule has 226 valence electrons. The van der Waals surface area contributed by atoms with E-state index in [4.69, 9.17) is 0 Å². The summed E-state index contributed by atoms with van der Waals surface area (Å²) in [5, 5.41) is 5.17. The van der Waals surface area contributed by atoms with Crippen molar-refractivity contribution >= 4 is 53.3 Å². The van der Waals surface area contributed by atoms with Crippen LogP contribution in [0.25, 0.3) is 75.4 Å². The third-order valence-corrected chi connectivity index (χ3v) is 10.8. The number of fused-ring (bicyclic) bond motifs is 6. The Morgan fingerprint density at radius 1 is 0.435 bits per heavy atom. The molecule has 0 spiro atoms. The van der Waals surface area contributed by atoms with Gasteiger partial charge in [0.25, 0.3) is 0 Å². The topological polar surface area (TPSA) is 15.8 Å². The molecule has 2 aromatic heterocycles. The van der Waals surface area contributed by atoms with Gasteiger partial charge in [0.15, 0.2) is 0 Å². The number of rotatable bonds is 3. The third kappa shape index (κ3) is 4.93. The SMILES string of the molecule is CC(C)(C)c1ccc(-c2ccc3sc4c(-c5ccc6[nH]c7ccccc7c6c5)cc(-c5ccc(C(C)(C)C)cc5)cc4c3c2)cc1. The van der Waals surface area contributed by atoms with Gasteiger partial charge in [-0.15, -0.1) is 11.3 Å². The van der Waals surface area contributed by atoms with E-state index in [1.807, 2.05) is 11.3 Å². The summed E-state index contributed by atoms with van der Waals surface area (Å²) in [6.45, 7) is 13.6. The maximum Gasteiger partial charge on any atom is 0.0465 e. The first-order valence-electron chi connectivity index (χ1n) is 16.3. The van der Waals surface area contributed by atoms with Gasteiger partial charge in [-0.3, -0.25) is 0 Å². The molecule has 0 aliphatic carbocycles. The maximum atomic E-state index is 3.61. The van der Waals surface area contributed by atoms with Crippen LogP contribution in [-0.4, -0.2) is 4.98 Å². The van der Waals surface area contributed by atoms with E-state index in [-0.39, 0.29) is 10.8 Å². The van der Waals surface area contributed by atoms with Gasteiger partial charge in [-0.05, 0) is 92.2 Å². The van der Waals surface area contributed by atoms with Crippen LogP contribution in [0.3, 0.4) is 0 Å². The van der Waals surface area contributed by atoms with Crippen molar-refractivity contribution in [2.24, 2.45) is 0 Å². The highest BCUT2D eigenvalue weighted by molar-refractivity contribution is 7.26. The van der Waals surface area contributed by atoms with Gasteiger partial charge in [-0.25, -0.2) is 0 Å². The van der Waals surface area contributed by atoms with Gasteiger partial charge in [0, 0.05) is 47.5 Å². The second kappa shape index (κ2) is 10.4. The second-order valence-electron chi connectivity index (χ2n) is 14.8. The predicted molar refractivity (Wildman–Crippen MR) is 202 cm³/mol. The molecule has 0 radical (unpaired) electrons. The Hall–Kier alpha value is -4.66. The lowest BCUT2D eigenvalue weighted by Crippen LogP contribution is -2.10. The molecule has 0 unspecified atom stereocenters. The van der Waals surface area contributed by atoms with Crippen LogP contribution < -0.4 is 0 Å². The average molecular weight is 614 g/mol. The average Bonchev–Trinajstić information content (AvgIpc) is 3.61. The number of benzene rings is 6. The van der Waals surface area contributed by atoms with Gasteiger partial charge in [0.2, 0.25) is 0 Å². The summed E-state index contributed by atoms with van der Waals surface area (Å²) in [6.07, 6.45) is 0. The molecule has 1 nitrogen and oxygen atoms in total. The molecule has 6 aromatic carbocycles. The Balaban J connectivity index is 1.35. The Bertz CT molecular complexity index is 2400. The first-order valence-corrected chi connectivity index (χ1v) is 17.1. The second-order valence-corrected chi connectivity index (χ2v) is 15.9. The molecule has 2 heteroatoms. The fourth-order valence-corrected chi connectivity index (χ4v) is 7.98. The molecule has 0 amide bonds. The van der Waals surface area contributed by atoms with E-state index >= 15 is 0 Å². The lowest BCUT2D eigenvalue weighted by atomic mass is 9.86. The minimum Gasteiger partial charge on any atom is -0.355 e. The molecule has 8 aromatic rings. The minimum atomic E-state index is 0.118. The highest BCUT2D eigenvalue weighted by Crippen LogP contribution is 2.45. The fourth-order valence-electron chi connectivity index (χ4n) is 6.78. The molecule has 0 fully saturated rings. The zero-order valence-corrected chi connectivity index (χ0v) is 28.3. The first-order chi connectivity index (χ1) is 22.0. The van der Waals surface area contributed by atoms with Crippen molar-refractivity contribution in [1.29, 1.82) is 0 Å². The molecule has 0 saturated carbocycles. The van der Waals surface area contributed by atoms with Gasteiger partial charge in [-0.2, -0.15) is 0 Å². The van der Waals surface area contributed by atoms with Crippen molar-refractivity contribution in [3.8, 4) is 33.4 Å². The van der Waals surface area contributed by atoms with Gasteiger partial charge < -0.3 is 4.98 Å². The largest absolute Gasteiger partial charge is 0.355 e. The number of hydrogen-bond donors (Lipinski definition) is 1. The Morgan fingerprint density at radius 2 is 0.978 bits per heavy atom. The number of H-pyrrole nitrogens is 1. The van der Waals surface area contributed by atoms with Crippen molar-refractivity contribution in [3.05, 3.63) is 132 Å². The summed E-state index contributed by atoms with van der Waals surface area (Å²) in [5.74, 6) is 0. The van der Waals surface area contributed by atoms with Crippen molar-refractivity contribution in [1.82, 2.24) is 4.98 Å². The van der Waals surface area contributed by atoms with E-state index in [0.717, 1.165) is 0 Å². The van der Waals surface area contributed by atoms with Gasteiger partial charge in [-0.1, -0.05) is 120 Å². The van der Waals surface area contributed by atoms with Gasteiger partial charge >= 0.3 is 0 Å². The number of aromatic amines is 1. The molecule has 0 atom stereocenters. The summed E-state index contributed by atoms with van der Waals surface area (Å²) >= 11 is 1.91. The van der Waals surface area contributed by atoms with Crippen LogP contribution in [0.5, 0.6) is 0 Å². The monoisotopic (exact) mass is 613 g/mol. The third-order valence-electron chi connectivity index (χ3n) is 9.56. The summed E-state index contributed by atoms with van der Waals surface area (Å²) < 4.78 is 2.66. The molecule has 0 aliphatic rings. The normalized spacial score (nSPS) is 12.6. The number of hydrogen-bond acceptors (Lipinski definition) is 1. The number of nitrogens with one attached hydrogen (secondary N) is 1. The van der Waals surface area contributed by atoms with Gasteiger partial charge in [0.05, 0.1) is 0 Å². The van der Waals surface area contributed by atoms with Crippen LogP contribution in [0, 0.1) is 0 Å². The molecule has 8 rings (SSSR count). The van der Waals surface area contributed by atoms with Crippen LogP contribution in [0.15, 0.2) is 121 Å². The fraction of sp³-hybridized carbons (Fsp3) is 0.182. The summed E-state index contributed by atoms with van der Waals surface area (Å²) in [6, 6.07) is 45.6. The minimum absolute atomic E-state index is 0.118. The molecule has 0 saturated heterocycles. The van der Waals surface area contributed by atoms with E-state index in [0.29, 0.717) is 0 Å². The molecule has 0 bridgehead atoms. The lowest BCUT2D eigenvalue weighted by molar-refractivity contribution is 0.590. The molecule has 2 heterocycles. The number of aromatic nitrogens is 1. The van der Waals surface area contributed by atoms with E-state index in [1.165, 1.54) is 86.5 Å². The first kappa shape index (κ1) is 28.8. The standard InChI is InChI=1S/C44H39NS/c1-43(2,3)32-17-11-27(12-18-32)29-16-22-41-37(23-29)38-26-31(28-13-19-33(20-14-28)44(4,5)6)25-35(42(38)46-41)30-15-21-40-36(24-30)34-9-7-8-10-39(34)45-40/h7-26,45H,1-6H3. The zero-order chi connectivity index (χ0) is 31.8. The Kier molecular flexibility index (Phi) is 6.53. The highest BCUT2D eigenvalue weighted by Gasteiger charge is 2.18. The maximum absolute atomic E-state index is 3.61. The lowest BCUT2D eigenvalue weighted by Gasteiger charge is -2.19. The van der Waals surface area contributed by atoms with E-state index < -0.39 is 0 Å². The predicted octanol–water partition coefficient (Wildman–Crippen LogP) is 13.3. The smallest absolute Gasteiger partial charge is 0.0465 e. The van der Waals surface area contributed by atoms with Crippen LogP contribution in [0.1, 0.15) is 52.7 Å². The molecular formula is C44H39NS. The quantitative estimate of drug-likeness (QED) is 0.204. The molecule has 46 heavy (non-hydrogen) atoms. The van der Waals surface area contributed by atoms with Crippen molar-refractivity contribution < 1.29 is 0 Å². The van der Waals surface area contributed by atoms with Crippen LogP contribution >= 0.6 is 11.3 Å². The van der Waals surface area contributed by atoms with E-state index in [2.05, 4.69) is 168 Å². The Labute approximate surface area is 275 Å². The van der Waals surface area contributed by atoms with Crippen LogP contribution in [0.4, 0.5) is 0 Å². The molecule has 0 aliphatic heterocycles. The van der Waals surface area contributed by atoms with Crippen molar-refractivity contribution in [2.45, 2.75) is 52.4 Å². The summed E-state index contributed by atoms with van der Waals surface area (Å²) in [7, 11) is 0. The Morgan fingerprint density at radius 3 is 1.65 bits per heavy atom. The van der Waals surface area contributed by atoms with Crippen molar-refractivity contribution in [2.75, 3.05) is 0 Å². The zero-order valence-electron chi connectivity index (χ0n) is 27.5. The number of para-hydroxylation sites is 1. The van der Waals surface area contributed by atoms with E-state index in [1.54, 1.807) is 0 Å². The molecule has 1 N–H and O–H groups in total. The molecular weight excluding hydrogens is 575 g/mol. The van der Waals surface area contributed by atoms with Crippen molar-refractivity contribution in [3.63, 3.8) is 0 Å².